The number of carbonyl (C=O) groups is 1. The van der Waals surface area contributed by atoms with E-state index >= 15 is 0 Å². The highest BCUT2D eigenvalue weighted by Crippen LogP contribution is 2.37. The average Bonchev–Trinajstić information content (AvgIpc) is 3.05. The van der Waals surface area contributed by atoms with Gasteiger partial charge in [0.05, 0.1) is 18.4 Å². The van der Waals surface area contributed by atoms with Gasteiger partial charge in [-0.15, -0.1) is 0 Å². The molecule has 1 aromatic carbocycles. The van der Waals surface area contributed by atoms with Crippen molar-refractivity contribution in [1.82, 2.24) is 4.98 Å². The Morgan fingerprint density at radius 1 is 1.22 bits per heavy atom. The fourth-order valence-corrected chi connectivity index (χ4v) is 4.21. The standard InChI is InChI=1S/C22H26N2O3/c1-27-14-9-10-17-18(22(26)24-20(17)12-14)13-21-16(7-5-11-25)15-6-3-2-4-8-19(15)23-21/h9-10,12-13,23,25H,2-8,11H2,1H3,(H,24,26). The van der Waals surface area contributed by atoms with E-state index in [2.05, 4.69) is 10.3 Å². The molecule has 0 bridgehead atoms. The van der Waals surface area contributed by atoms with Gasteiger partial charge in [0.2, 0.25) is 0 Å². The zero-order valence-electron chi connectivity index (χ0n) is 15.7. The molecule has 27 heavy (non-hydrogen) atoms. The molecule has 1 aliphatic carbocycles. The van der Waals surface area contributed by atoms with Crippen LogP contribution < -0.4 is 10.1 Å². The Bertz CT molecular complexity index is 895. The molecular weight excluding hydrogens is 340 g/mol. The van der Waals surface area contributed by atoms with Crippen molar-refractivity contribution in [2.45, 2.75) is 44.9 Å². The third-order valence-electron chi connectivity index (χ3n) is 5.58. The Kier molecular flexibility index (Phi) is 5.03. The summed E-state index contributed by atoms with van der Waals surface area (Å²) in [7, 11) is 1.62. The topological polar surface area (TPSA) is 74.3 Å². The Hall–Kier alpha value is -2.53. The number of hydrogen-bond acceptors (Lipinski definition) is 3. The first-order valence-electron chi connectivity index (χ1n) is 9.76. The lowest BCUT2D eigenvalue weighted by molar-refractivity contribution is -0.110. The van der Waals surface area contributed by atoms with Crippen molar-refractivity contribution >= 4 is 23.2 Å². The summed E-state index contributed by atoms with van der Waals surface area (Å²) in [5.74, 6) is 0.640. The quantitative estimate of drug-likeness (QED) is 0.558. The molecular formula is C22H26N2O3. The maximum Gasteiger partial charge on any atom is 0.256 e. The summed E-state index contributed by atoms with van der Waals surface area (Å²) in [6.07, 6.45) is 9.35. The van der Waals surface area contributed by atoms with Gasteiger partial charge in [0.15, 0.2) is 0 Å². The summed E-state index contributed by atoms with van der Waals surface area (Å²) < 4.78 is 5.26. The van der Waals surface area contributed by atoms with E-state index in [1.807, 2.05) is 24.3 Å². The number of carbonyl (C=O) groups excluding carboxylic acids is 1. The van der Waals surface area contributed by atoms with Gasteiger partial charge in [0, 0.05) is 29.6 Å². The number of amides is 1. The van der Waals surface area contributed by atoms with Crippen LogP contribution in [0.3, 0.4) is 0 Å². The van der Waals surface area contributed by atoms with E-state index in [4.69, 9.17) is 4.74 Å². The number of fused-ring (bicyclic) bond motifs is 2. The molecule has 2 aromatic rings. The second-order valence-corrected chi connectivity index (χ2v) is 7.29. The Morgan fingerprint density at radius 2 is 2.07 bits per heavy atom. The monoisotopic (exact) mass is 366 g/mol. The van der Waals surface area contributed by atoms with Gasteiger partial charge in [0.1, 0.15) is 5.75 Å². The number of rotatable bonds is 5. The molecule has 1 amide bonds. The van der Waals surface area contributed by atoms with Crippen LogP contribution in [-0.2, 0) is 24.1 Å². The molecule has 0 saturated carbocycles. The molecule has 0 fully saturated rings. The summed E-state index contributed by atoms with van der Waals surface area (Å²) in [5.41, 5.74) is 7.36. The van der Waals surface area contributed by atoms with E-state index in [1.165, 1.54) is 36.1 Å². The van der Waals surface area contributed by atoms with Crippen molar-refractivity contribution in [1.29, 1.82) is 0 Å². The summed E-state index contributed by atoms with van der Waals surface area (Å²) in [6.45, 7) is 0.180. The van der Waals surface area contributed by atoms with Gasteiger partial charge in [-0.05, 0) is 67.9 Å². The number of aliphatic hydroxyl groups is 1. The molecule has 2 aliphatic rings. The van der Waals surface area contributed by atoms with Crippen LogP contribution in [0.4, 0.5) is 5.69 Å². The Balaban J connectivity index is 1.77. The first kappa shape index (κ1) is 17.9. The molecule has 4 rings (SSSR count). The molecule has 1 aromatic heterocycles. The first-order valence-corrected chi connectivity index (χ1v) is 9.76. The van der Waals surface area contributed by atoms with Crippen molar-refractivity contribution in [3.8, 4) is 5.75 Å². The SMILES string of the molecule is COc1ccc2c(c1)NC(=O)C2=Cc1[nH]c2c(c1CCCO)CCCCC2. The molecule has 5 heteroatoms. The Morgan fingerprint density at radius 3 is 2.89 bits per heavy atom. The van der Waals surface area contributed by atoms with Crippen LogP contribution in [0, 0.1) is 0 Å². The lowest BCUT2D eigenvalue weighted by atomic mass is 9.98. The van der Waals surface area contributed by atoms with Crippen LogP contribution >= 0.6 is 0 Å². The molecule has 0 spiro atoms. The maximum absolute atomic E-state index is 12.6. The number of aryl methyl sites for hydroxylation is 1. The minimum absolute atomic E-state index is 0.0869. The minimum atomic E-state index is -0.0869. The molecule has 5 nitrogen and oxygen atoms in total. The van der Waals surface area contributed by atoms with Crippen molar-refractivity contribution in [2.24, 2.45) is 0 Å². The molecule has 142 valence electrons. The Labute approximate surface area is 159 Å². The molecule has 0 unspecified atom stereocenters. The van der Waals surface area contributed by atoms with E-state index in [9.17, 15) is 9.90 Å². The van der Waals surface area contributed by atoms with E-state index in [1.54, 1.807) is 7.11 Å². The predicted molar refractivity (Wildman–Crippen MR) is 107 cm³/mol. The van der Waals surface area contributed by atoms with Crippen molar-refractivity contribution in [3.63, 3.8) is 0 Å². The van der Waals surface area contributed by atoms with Gasteiger partial charge in [-0.2, -0.15) is 0 Å². The summed E-state index contributed by atoms with van der Waals surface area (Å²) in [5, 5.41) is 12.3. The molecule has 0 atom stereocenters. The number of benzene rings is 1. The highest BCUT2D eigenvalue weighted by Gasteiger charge is 2.26. The second kappa shape index (κ2) is 7.61. The third-order valence-corrected chi connectivity index (χ3v) is 5.58. The highest BCUT2D eigenvalue weighted by atomic mass is 16.5. The highest BCUT2D eigenvalue weighted by molar-refractivity contribution is 6.35. The van der Waals surface area contributed by atoms with Crippen LogP contribution in [0.2, 0.25) is 0 Å². The van der Waals surface area contributed by atoms with Crippen molar-refractivity contribution < 1.29 is 14.6 Å². The van der Waals surface area contributed by atoms with Crippen LogP contribution in [0.25, 0.3) is 11.6 Å². The number of ether oxygens (including phenoxy) is 1. The summed E-state index contributed by atoms with van der Waals surface area (Å²) in [6, 6.07) is 5.66. The number of anilines is 1. The van der Waals surface area contributed by atoms with Gasteiger partial charge in [-0.1, -0.05) is 6.42 Å². The zero-order valence-corrected chi connectivity index (χ0v) is 15.7. The van der Waals surface area contributed by atoms with Crippen LogP contribution in [0.15, 0.2) is 18.2 Å². The number of aromatic nitrogens is 1. The number of hydrogen-bond donors (Lipinski definition) is 3. The predicted octanol–water partition coefficient (Wildman–Crippen LogP) is 3.71. The minimum Gasteiger partial charge on any atom is -0.497 e. The largest absolute Gasteiger partial charge is 0.497 e. The zero-order chi connectivity index (χ0) is 18.8. The summed E-state index contributed by atoms with van der Waals surface area (Å²) >= 11 is 0. The smallest absolute Gasteiger partial charge is 0.256 e. The van der Waals surface area contributed by atoms with E-state index in [0.717, 1.165) is 48.4 Å². The van der Waals surface area contributed by atoms with Gasteiger partial charge in [-0.3, -0.25) is 4.79 Å². The van der Waals surface area contributed by atoms with Crippen molar-refractivity contribution in [3.05, 3.63) is 46.3 Å². The number of aliphatic hydroxyl groups excluding tert-OH is 1. The first-order chi connectivity index (χ1) is 13.2. The van der Waals surface area contributed by atoms with Gasteiger partial charge >= 0.3 is 0 Å². The molecule has 3 N–H and O–H groups in total. The number of methoxy groups -OCH3 is 1. The maximum atomic E-state index is 12.6. The van der Waals surface area contributed by atoms with E-state index in [0.29, 0.717) is 5.57 Å². The van der Waals surface area contributed by atoms with Gasteiger partial charge in [-0.25, -0.2) is 0 Å². The number of H-pyrrole nitrogens is 1. The van der Waals surface area contributed by atoms with Crippen LogP contribution in [0.1, 0.15) is 53.8 Å². The molecule has 1 aliphatic heterocycles. The second-order valence-electron chi connectivity index (χ2n) is 7.29. The molecule has 0 saturated heterocycles. The van der Waals surface area contributed by atoms with Crippen molar-refractivity contribution in [2.75, 3.05) is 19.0 Å². The summed E-state index contributed by atoms with van der Waals surface area (Å²) in [4.78, 5) is 16.2. The fraction of sp³-hybridized carbons (Fsp3) is 0.409. The number of nitrogens with one attached hydrogen (secondary N) is 2. The van der Waals surface area contributed by atoms with Crippen LogP contribution in [0.5, 0.6) is 5.75 Å². The molecule has 2 heterocycles. The lowest BCUT2D eigenvalue weighted by Crippen LogP contribution is -2.04. The molecule has 0 radical (unpaired) electrons. The van der Waals surface area contributed by atoms with Gasteiger partial charge in [0.25, 0.3) is 5.91 Å². The van der Waals surface area contributed by atoms with Gasteiger partial charge < -0.3 is 20.1 Å². The fourth-order valence-electron chi connectivity index (χ4n) is 4.21. The average molecular weight is 366 g/mol. The number of aromatic amines is 1. The normalized spacial score (nSPS) is 17.4. The van der Waals surface area contributed by atoms with E-state index in [-0.39, 0.29) is 12.5 Å². The van der Waals surface area contributed by atoms with Crippen LogP contribution in [-0.4, -0.2) is 29.7 Å². The third kappa shape index (κ3) is 3.39. The van der Waals surface area contributed by atoms with E-state index < -0.39 is 0 Å². The lowest BCUT2D eigenvalue weighted by Gasteiger charge is -2.06.